The maximum atomic E-state index is 12.6. The second-order valence-electron chi connectivity index (χ2n) is 5.42. The molecule has 0 rings (SSSR count). The van der Waals surface area contributed by atoms with E-state index < -0.39 is 26.7 Å². The molecule has 22 heavy (non-hydrogen) atoms. The minimum absolute atomic E-state index is 0.136. The van der Waals surface area contributed by atoms with E-state index >= 15 is 0 Å². The summed E-state index contributed by atoms with van der Waals surface area (Å²) in [7, 11) is 0. The van der Waals surface area contributed by atoms with Gasteiger partial charge in [0.05, 0.1) is 0 Å². The first-order valence-electron chi connectivity index (χ1n) is 8.22. The van der Waals surface area contributed by atoms with Crippen molar-refractivity contribution in [2.24, 2.45) is 0 Å². The molecule has 0 aromatic heterocycles. The summed E-state index contributed by atoms with van der Waals surface area (Å²) >= 11 is -4.97. The first-order chi connectivity index (χ1) is 10.4. The number of rotatable bonds is 12. The van der Waals surface area contributed by atoms with Gasteiger partial charge in [-0.1, -0.05) is 0 Å². The van der Waals surface area contributed by atoms with E-state index in [1.807, 2.05) is 27.7 Å². The fourth-order valence-electron chi connectivity index (χ4n) is 2.27. The molecule has 6 heteroatoms. The average Bonchev–Trinajstić information content (AvgIpc) is 2.45. The standard InChI is InChI=1S/C4H8O2.3C4H7O.Zr/c1-2-3-4(5)6;3*1-2-3-4-5;/h2-3H2,1H3,(H,5,6);3*2-3H2,1H3;/q;;;;+1/p-1. The van der Waals surface area contributed by atoms with Gasteiger partial charge in [0.1, 0.15) is 0 Å². The predicted molar refractivity (Wildman–Crippen MR) is 80.7 cm³/mol. The van der Waals surface area contributed by atoms with Gasteiger partial charge in [-0.05, 0) is 0 Å². The summed E-state index contributed by atoms with van der Waals surface area (Å²) in [4.78, 5) is 49.8. The van der Waals surface area contributed by atoms with Crippen LogP contribution >= 0.6 is 0 Å². The van der Waals surface area contributed by atoms with Crippen molar-refractivity contribution in [3.05, 3.63) is 0 Å². The maximum absolute atomic E-state index is 12.6. The van der Waals surface area contributed by atoms with E-state index in [2.05, 4.69) is 0 Å². The van der Waals surface area contributed by atoms with Crippen LogP contribution < -0.4 is 0 Å². The monoisotopic (exact) mass is 390 g/mol. The van der Waals surface area contributed by atoms with Crippen LogP contribution in [0.15, 0.2) is 0 Å². The van der Waals surface area contributed by atoms with Crippen LogP contribution in [0, 0.1) is 0 Å². The van der Waals surface area contributed by atoms with Crippen LogP contribution in [0.2, 0.25) is 0 Å². The van der Waals surface area contributed by atoms with Crippen LogP contribution in [-0.2, 0) is 42.7 Å². The fraction of sp³-hybridized carbons (Fsp3) is 0.750. The van der Waals surface area contributed by atoms with E-state index in [0.717, 1.165) is 0 Å². The van der Waals surface area contributed by atoms with E-state index in [-0.39, 0.29) is 36.2 Å². The summed E-state index contributed by atoms with van der Waals surface area (Å²) in [6.45, 7) is 7.26. The molecule has 0 radical (unpaired) electrons. The fourth-order valence-corrected chi connectivity index (χ4v) is 10.9. The van der Waals surface area contributed by atoms with Gasteiger partial charge in [0.2, 0.25) is 0 Å². The van der Waals surface area contributed by atoms with Crippen molar-refractivity contribution in [3.8, 4) is 0 Å². The van der Waals surface area contributed by atoms with Gasteiger partial charge in [0.15, 0.2) is 0 Å². The van der Waals surface area contributed by atoms with Crippen LogP contribution in [0.4, 0.5) is 0 Å². The van der Waals surface area contributed by atoms with Crippen LogP contribution in [0.25, 0.3) is 0 Å². The third-order valence-electron chi connectivity index (χ3n) is 3.33. The molecular weight excluding hydrogens is 363 g/mol. The Balaban J connectivity index is 5.78. The van der Waals surface area contributed by atoms with Crippen LogP contribution in [0.5, 0.6) is 0 Å². The van der Waals surface area contributed by atoms with Crippen molar-refractivity contribution in [3.63, 3.8) is 0 Å². The molecule has 0 atom stereocenters. The topological polar surface area (TPSA) is 77.5 Å². The van der Waals surface area contributed by atoms with Crippen molar-refractivity contribution in [2.75, 3.05) is 0 Å². The predicted octanol–water partition coefficient (Wildman–Crippen LogP) is 3.38. The quantitative estimate of drug-likeness (QED) is 0.510. The van der Waals surface area contributed by atoms with Crippen molar-refractivity contribution < 1.29 is 42.7 Å². The zero-order valence-electron chi connectivity index (χ0n) is 14.2. The van der Waals surface area contributed by atoms with Gasteiger partial charge >= 0.3 is 138 Å². The Morgan fingerprint density at radius 2 is 0.955 bits per heavy atom. The van der Waals surface area contributed by atoms with E-state index in [1.165, 1.54) is 0 Å². The molecule has 0 fully saturated rings. The third kappa shape index (κ3) is 5.53. The summed E-state index contributed by atoms with van der Waals surface area (Å²) in [6.07, 6.45) is 2.75. The number of carbonyl (C=O) groups is 4. The van der Waals surface area contributed by atoms with Gasteiger partial charge in [0, 0.05) is 0 Å². The molecule has 0 saturated heterocycles. The molecule has 0 aromatic carbocycles. The summed E-state index contributed by atoms with van der Waals surface area (Å²) in [5.41, 5.74) is 0. The van der Waals surface area contributed by atoms with E-state index in [1.54, 1.807) is 0 Å². The normalized spacial score (nSPS) is 11.1. The summed E-state index contributed by atoms with van der Waals surface area (Å²) < 4.78 is 4.31. The molecular formula is C16H28O5Zr. The molecule has 0 amide bonds. The molecule has 5 nitrogen and oxygen atoms in total. The third-order valence-corrected chi connectivity index (χ3v) is 12.3. The Morgan fingerprint density at radius 1 is 0.636 bits per heavy atom. The van der Waals surface area contributed by atoms with E-state index in [0.29, 0.717) is 25.7 Å². The van der Waals surface area contributed by atoms with Gasteiger partial charge < -0.3 is 0 Å². The molecule has 0 aromatic rings. The summed E-state index contributed by atoms with van der Waals surface area (Å²) in [6, 6.07) is 0. The molecule has 126 valence electrons. The van der Waals surface area contributed by atoms with E-state index in [9.17, 15) is 19.2 Å². The number of carbonyl (C=O) groups excluding carboxylic acids is 4. The van der Waals surface area contributed by atoms with Gasteiger partial charge in [0.25, 0.3) is 0 Å². The van der Waals surface area contributed by atoms with Gasteiger partial charge in [-0.3, -0.25) is 0 Å². The first-order valence-corrected chi connectivity index (χ1v) is 12.9. The molecule has 0 bridgehead atoms. The molecule has 0 aliphatic carbocycles. The Kier molecular flexibility index (Phi) is 10.7. The minimum atomic E-state index is -4.97. The van der Waals surface area contributed by atoms with Crippen molar-refractivity contribution in [2.45, 2.75) is 79.1 Å². The van der Waals surface area contributed by atoms with Crippen LogP contribution in [0.1, 0.15) is 79.1 Å². The molecule has 0 spiro atoms. The first kappa shape index (κ1) is 21.4. The molecule has 0 heterocycles. The molecule has 0 aliphatic heterocycles. The van der Waals surface area contributed by atoms with Crippen molar-refractivity contribution in [1.29, 1.82) is 0 Å². The molecule has 0 unspecified atom stereocenters. The number of hydrogen-bond donors (Lipinski definition) is 0. The Morgan fingerprint density at radius 3 is 1.23 bits per heavy atom. The Labute approximate surface area is 138 Å². The molecule has 0 saturated carbocycles. The zero-order valence-corrected chi connectivity index (χ0v) is 16.7. The Hall–Kier alpha value is -0.637. The van der Waals surface area contributed by atoms with Gasteiger partial charge in [-0.2, -0.15) is 0 Å². The van der Waals surface area contributed by atoms with Gasteiger partial charge in [-0.15, -0.1) is 0 Å². The van der Waals surface area contributed by atoms with Crippen LogP contribution in [0.3, 0.4) is 0 Å². The molecule has 0 N–H and O–H groups in total. The second-order valence-corrected chi connectivity index (χ2v) is 13.4. The Bertz CT molecular complexity index is 371. The molecule has 0 aliphatic rings. The summed E-state index contributed by atoms with van der Waals surface area (Å²) in [5.74, 6) is -0.573. The zero-order chi connectivity index (χ0) is 17.2. The second kappa shape index (κ2) is 11.0. The summed E-state index contributed by atoms with van der Waals surface area (Å²) in [5, 5.41) is 0. The SMILES string of the molecule is CCCC(=O)[O][Zr]([C](=O)CCC)([C](=O)CCC)[C](=O)CCC. The van der Waals surface area contributed by atoms with Crippen molar-refractivity contribution in [1.82, 2.24) is 0 Å². The van der Waals surface area contributed by atoms with Crippen LogP contribution in [-0.4, -0.2) is 16.4 Å². The van der Waals surface area contributed by atoms with Gasteiger partial charge in [-0.25, -0.2) is 0 Å². The average molecular weight is 392 g/mol. The number of hydrogen-bond acceptors (Lipinski definition) is 5. The van der Waals surface area contributed by atoms with Crippen molar-refractivity contribution >= 4 is 16.4 Å². The van der Waals surface area contributed by atoms with E-state index in [4.69, 9.17) is 2.81 Å².